The van der Waals surface area contributed by atoms with Crippen LogP contribution in [0.1, 0.15) is 49.0 Å². The van der Waals surface area contributed by atoms with Crippen molar-refractivity contribution in [1.29, 1.82) is 0 Å². The third-order valence-electron chi connectivity index (χ3n) is 8.00. The Morgan fingerprint density at radius 1 is 1.13 bits per heavy atom. The van der Waals surface area contributed by atoms with Gasteiger partial charge in [0, 0.05) is 42.7 Å². The molecule has 2 aliphatic heterocycles. The highest BCUT2D eigenvalue weighted by molar-refractivity contribution is 6.05. The van der Waals surface area contributed by atoms with E-state index in [-0.39, 0.29) is 23.2 Å². The minimum Gasteiger partial charge on any atom is -0.383 e. The molecule has 198 valence electrons. The van der Waals surface area contributed by atoms with Gasteiger partial charge in [0.15, 0.2) is 11.2 Å². The third-order valence-corrected chi connectivity index (χ3v) is 8.00. The average Bonchev–Trinajstić information content (AvgIpc) is 3.53. The largest absolute Gasteiger partial charge is 0.383 e. The molecule has 2 N–H and O–H groups in total. The summed E-state index contributed by atoms with van der Waals surface area (Å²) in [5.41, 5.74) is 2.27. The molecule has 0 spiro atoms. The lowest BCUT2D eigenvalue weighted by molar-refractivity contribution is -0.383. The molecule has 4 aromatic rings. The second-order valence-electron chi connectivity index (χ2n) is 10.3. The maximum absolute atomic E-state index is 13.3. The Balaban J connectivity index is 1.12. The Morgan fingerprint density at radius 2 is 1.89 bits per heavy atom. The fourth-order valence-electron chi connectivity index (χ4n) is 6.05. The fourth-order valence-corrected chi connectivity index (χ4v) is 6.05. The minimum absolute atomic E-state index is 0.113. The number of non-ortho nitro benzene ring substituents is 1. The summed E-state index contributed by atoms with van der Waals surface area (Å²) in [7, 11) is 2.21. The number of amides is 1. The number of hydrogen-bond acceptors (Lipinski definition) is 9. The number of nitro benzene ring substituents is 1. The lowest BCUT2D eigenvalue weighted by Gasteiger charge is -2.47. The van der Waals surface area contributed by atoms with Crippen molar-refractivity contribution in [2.75, 3.05) is 18.9 Å². The van der Waals surface area contributed by atoms with Crippen molar-refractivity contribution in [3.05, 3.63) is 52.2 Å². The van der Waals surface area contributed by atoms with Gasteiger partial charge in [0.25, 0.3) is 5.91 Å². The topological polar surface area (TPSA) is 144 Å². The van der Waals surface area contributed by atoms with Gasteiger partial charge in [-0.05, 0) is 61.6 Å². The second-order valence-corrected chi connectivity index (χ2v) is 10.3. The van der Waals surface area contributed by atoms with E-state index in [2.05, 4.69) is 32.9 Å². The van der Waals surface area contributed by atoms with Gasteiger partial charge < -0.3 is 15.5 Å². The number of para-hydroxylation sites is 1. The van der Waals surface area contributed by atoms with E-state index in [1.165, 1.54) is 25.3 Å². The first-order valence-electron chi connectivity index (χ1n) is 13.1. The maximum atomic E-state index is 13.3. The molecule has 0 unspecified atom stereocenters. The van der Waals surface area contributed by atoms with Crippen LogP contribution in [0.25, 0.3) is 21.9 Å². The van der Waals surface area contributed by atoms with Crippen molar-refractivity contribution >= 4 is 39.2 Å². The number of hydrogen-bond donors (Lipinski definition) is 2. The van der Waals surface area contributed by atoms with Gasteiger partial charge in [-0.1, -0.05) is 24.6 Å². The second kappa shape index (κ2) is 10.0. The van der Waals surface area contributed by atoms with Crippen molar-refractivity contribution in [3.63, 3.8) is 0 Å². The molecule has 12 heteroatoms. The smallest absolute Gasteiger partial charge is 0.300 e. The van der Waals surface area contributed by atoms with E-state index in [9.17, 15) is 14.9 Å². The molecule has 0 saturated carbocycles. The van der Waals surface area contributed by atoms with Crippen LogP contribution in [0.15, 0.2) is 41.0 Å². The zero-order chi connectivity index (χ0) is 26.2. The van der Waals surface area contributed by atoms with E-state index < -0.39 is 4.92 Å². The molecule has 38 heavy (non-hydrogen) atoms. The zero-order valence-corrected chi connectivity index (χ0v) is 21.2. The van der Waals surface area contributed by atoms with Crippen molar-refractivity contribution < 1.29 is 14.3 Å². The van der Waals surface area contributed by atoms with Crippen LogP contribution in [0.5, 0.6) is 0 Å². The highest BCUT2D eigenvalue weighted by Crippen LogP contribution is 2.33. The molecular formula is C26H30N8O4. The van der Waals surface area contributed by atoms with Crippen LogP contribution in [-0.2, 0) is 6.54 Å². The van der Waals surface area contributed by atoms with Crippen molar-refractivity contribution in [2.24, 2.45) is 0 Å². The van der Waals surface area contributed by atoms with Gasteiger partial charge in [-0.2, -0.15) is 5.10 Å². The number of aromatic nitrogens is 4. The summed E-state index contributed by atoms with van der Waals surface area (Å²) in [6.07, 6.45) is 6.34. The van der Waals surface area contributed by atoms with Crippen LogP contribution < -0.4 is 10.6 Å². The number of nitrogens with one attached hydrogen (secondary N) is 2. The van der Waals surface area contributed by atoms with Gasteiger partial charge in [-0.3, -0.25) is 19.6 Å². The average molecular weight is 519 g/mol. The Hall–Kier alpha value is -4.06. The molecule has 2 atom stereocenters. The Kier molecular flexibility index (Phi) is 6.40. The number of rotatable bonds is 8. The molecule has 1 amide bonds. The van der Waals surface area contributed by atoms with E-state index in [0.29, 0.717) is 48.5 Å². The first kappa shape index (κ1) is 24.3. The number of piperidine rings is 2. The summed E-state index contributed by atoms with van der Waals surface area (Å²) in [5, 5.41) is 30.8. The normalized spacial score (nSPS) is 21.6. The monoisotopic (exact) mass is 518 g/mol. The number of carbonyl (C=O) groups is 1. The Labute approximate surface area is 218 Å². The van der Waals surface area contributed by atoms with E-state index in [0.717, 1.165) is 23.7 Å². The lowest BCUT2D eigenvalue weighted by Crippen LogP contribution is -2.55. The first-order valence-corrected chi connectivity index (χ1v) is 13.1. The van der Waals surface area contributed by atoms with E-state index in [1.807, 2.05) is 28.9 Å². The Morgan fingerprint density at radius 3 is 2.68 bits per heavy atom. The minimum atomic E-state index is -0.509. The van der Waals surface area contributed by atoms with Crippen LogP contribution >= 0.6 is 0 Å². The Bertz CT molecular complexity index is 1480. The molecular weight excluding hydrogens is 488 g/mol. The summed E-state index contributed by atoms with van der Waals surface area (Å²) >= 11 is 0. The summed E-state index contributed by atoms with van der Waals surface area (Å²) in [5.74, 6) is -0.113. The highest BCUT2D eigenvalue weighted by Gasteiger charge is 2.36. The summed E-state index contributed by atoms with van der Waals surface area (Å²) in [6.45, 7) is 1.15. The molecule has 2 fully saturated rings. The number of fused-ring (bicyclic) bond motifs is 4. The summed E-state index contributed by atoms with van der Waals surface area (Å²) < 4.78 is 6.60. The van der Waals surface area contributed by atoms with E-state index in [4.69, 9.17) is 9.73 Å². The third kappa shape index (κ3) is 4.44. The van der Waals surface area contributed by atoms with Gasteiger partial charge in [0.1, 0.15) is 0 Å². The van der Waals surface area contributed by atoms with Crippen LogP contribution in [-0.4, -0.2) is 67.5 Å². The molecule has 0 aliphatic carbocycles. The first-order chi connectivity index (χ1) is 18.5. The number of carbonyl (C=O) groups excluding carboxylic acids is 1. The van der Waals surface area contributed by atoms with Gasteiger partial charge >= 0.3 is 5.69 Å². The summed E-state index contributed by atoms with van der Waals surface area (Å²) in [4.78, 5) is 26.5. The van der Waals surface area contributed by atoms with Gasteiger partial charge in [0.05, 0.1) is 16.1 Å². The van der Waals surface area contributed by atoms with Crippen molar-refractivity contribution in [3.8, 4) is 0 Å². The van der Waals surface area contributed by atoms with Crippen LogP contribution in [0.4, 0.5) is 11.4 Å². The number of benzene rings is 2. The number of nitro groups is 1. The van der Waals surface area contributed by atoms with Crippen LogP contribution in [0.3, 0.4) is 0 Å². The number of anilines is 1. The molecule has 4 heterocycles. The SMILES string of the molecule is CN1[C@H]2CCC[C@H]1CC(NC(=O)c1nn(CCCNc3ccc([N+](=O)[O-])c4nonc34)c3ccccc13)C2. The van der Waals surface area contributed by atoms with Crippen LogP contribution in [0, 0.1) is 10.1 Å². The predicted octanol–water partition coefficient (Wildman–Crippen LogP) is 3.73. The van der Waals surface area contributed by atoms with Crippen molar-refractivity contribution in [1.82, 2.24) is 30.3 Å². The fraction of sp³-hybridized carbons (Fsp3) is 0.462. The maximum Gasteiger partial charge on any atom is 0.300 e. The summed E-state index contributed by atoms with van der Waals surface area (Å²) in [6, 6.07) is 12.0. The van der Waals surface area contributed by atoms with Crippen molar-refractivity contribution in [2.45, 2.75) is 63.2 Å². The molecule has 2 aromatic carbocycles. The van der Waals surface area contributed by atoms with Crippen LogP contribution in [0.2, 0.25) is 0 Å². The molecule has 12 nitrogen and oxygen atoms in total. The molecule has 2 aliphatic rings. The van der Waals surface area contributed by atoms with E-state index >= 15 is 0 Å². The highest BCUT2D eigenvalue weighted by atomic mass is 16.6. The molecule has 0 radical (unpaired) electrons. The van der Waals surface area contributed by atoms with Gasteiger partial charge in [-0.15, -0.1) is 0 Å². The quantitative estimate of drug-likeness (QED) is 0.202. The van der Waals surface area contributed by atoms with Gasteiger partial charge in [-0.25, -0.2) is 4.63 Å². The van der Waals surface area contributed by atoms with Gasteiger partial charge in [0.2, 0.25) is 5.52 Å². The number of aryl methyl sites for hydroxylation is 1. The van der Waals surface area contributed by atoms with E-state index in [1.54, 1.807) is 6.07 Å². The number of nitrogens with zero attached hydrogens (tertiary/aromatic N) is 6. The predicted molar refractivity (Wildman–Crippen MR) is 141 cm³/mol. The molecule has 2 saturated heterocycles. The molecule has 2 bridgehead atoms. The zero-order valence-electron chi connectivity index (χ0n) is 21.2. The molecule has 2 aromatic heterocycles. The lowest BCUT2D eigenvalue weighted by atomic mass is 9.82. The standard InChI is InChI=1S/C26H30N8O4/c1-32-17-6-4-7-18(32)15-16(14-17)28-26(35)23-19-8-2-3-9-21(19)33(29-23)13-5-12-27-20-10-11-22(34(36)37)25-24(20)30-38-31-25/h2-3,8-11,16-18,27H,4-7,12-15H2,1H3,(H,28,35)/t17-,18-/m0/s1. The molecule has 6 rings (SSSR count).